The van der Waals surface area contributed by atoms with Crippen LogP contribution in [0.5, 0.6) is 0 Å². The summed E-state index contributed by atoms with van der Waals surface area (Å²) in [5, 5.41) is 0. The van der Waals surface area contributed by atoms with Crippen LogP contribution in [0.1, 0.15) is 30.9 Å². The Kier molecular flexibility index (Phi) is 5.82. The molecule has 2 aromatic carbocycles. The van der Waals surface area contributed by atoms with Crippen molar-refractivity contribution in [3.63, 3.8) is 0 Å². The van der Waals surface area contributed by atoms with Gasteiger partial charge < -0.3 is 4.90 Å². The second kappa shape index (κ2) is 8.20. The van der Waals surface area contributed by atoms with E-state index in [9.17, 15) is 13.2 Å². The molecule has 0 aromatic heterocycles. The number of fused-ring (bicyclic) bond motifs is 1. The predicted molar refractivity (Wildman–Crippen MR) is 118 cm³/mol. The third-order valence-corrected chi connectivity index (χ3v) is 8.22. The lowest BCUT2D eigenvalue weighted by atomic mass is 9.96. The first kappa shape index (κ1) is 20.6. The van der Waals surface area contributed by atoms with Crippen molar-refractivity contribution in [1.82, 2.24) is 4.31 Å². The van der Waals surface area contributed by atoms with E-state index in [1.54, 1.807) is 4.31 Å². The summed E-state index contributed by atoms with van der Waals surface area (Å²) in [7, 11) is -3.39. The van der Waals surface area contributed by atoms with Crippen LogP contribution in [0.3, 0.4) is 0 Å². The van der Waals surface area contributed by atoms with Crippen molar-refractivity contribution < 1.29 is 13.2 Å². The Morgan fingerprint density at radius 2 is 1.83 bits per heavy atom. The molecule has 2 aliphatic rings. The van der Waals surface area contributed by atoms with Crippen molar-refractivity contribution in [2.24, 2.45) is 5.92 Å². The topological polar surface area (TPSA) is 57.7 Å². The molecular weight excluding hydrogens is 452 g/mol. The zero-order valence-electron chi connectivity index (χ0n) is 16.4. The molecule has 1 fully saturated rings. The molecule has 1 atom stereocenters. The van der Waals surface area contributed by atoms with Crippen LogP contribution in [0.4, 0.5) is 5.69 Å². The van der Waals surface area contributed by atoms with Gasteiger partial charge in [-0.2, -0.15) is 0 Å². The Hall–Kier alpha value is -1.70. The van der Waals surface area contributed by atoms with Crippen LogP contribution in [0, 0.1) is 5.92 Å². The molecular formula is C22H25BrN2O3S. The number of sulfonamides is 1. The van der Waals surface area contributed by atoms with Gasteiger partial charge in [-0.3, -0.25) is 4.79 Å². The molecule has 1 amide bonds. The Balaban J connectivity index is 1.41. The normalized spacial score (nSPS) is 20.6. The summed E-state index contributed by atoms with van der Waals surface area (Å²) in [4.78, 5) is 15.1. The van der Waals surface area contributed by atoms with Crippen molar-refractivity contribution in [1.29, 1.82) is 0 Å². The zero-order chi connectivity index (χ0) is 20.6. The highest BCUT2D eigenvalue weighted by molar-refractivity contribution is 9.10. The smallest absolute Gasteiger partial charge is 0.230 e. The summed E-state index contributed by atoms with van der Waals surface area (Å²) in [6, 6.07) is 15.6. The van der Waals surface area contributed by atoms with Gasteiger partial charge in [-0.15, -0.1) is 0 Å². The standard InChI is InChI=1S/C22H25BrN2O3S/c1-16-13-19-6-2-3-8-21(19)25(16)22(26)18-9-11-24(12-10-18)29(27,28)15-17-5-4-7-20(23)14-17/h2-8,14,16,18H,9-13,15H2,1H3/t16-/m0/s1. The number of rotatable bonds is 4. The van der Waals surface area contributed by atoms with Gasteiger partial charge in [-0.1, -0.05) is 46.3 Å². The van der Waals surface area contributed by atoms with E-state index in [2.05, 4.69) is 28.9 Å². The van der Waals surface area contributed by atoms with E-state index < -0.39 is 10.0 Å². The van der Waals surface area contributed by atoms with E-state index in [-0.39, 0.29) is 23.6 Å². The molecule has 2 aromatic rings. The van der Waals surface area contributed by atoms with Crippen molar-refractivity contribution in [2.75, 3.05) is 18.0 Å². The number of carbonyl (C=O) groups excluding carboxylic acids is 1. The summed E-state index contributed by atoms with van der Waals surface area (Å²) >= 11 is 3.39. The first-order valence-corrected chi connectivity index (χ1v) is 12.4. The fraction of sp³-hybridized carbons (Fsp3) is 0.409. The third kappa shape index (κ3) is 4.27. The van der Waals surface area contributed by atoms with Gasteiger partial charge in [0.2, 0.25) is 15.9 Å². The highest BCUT2D eigenvalue weighted by atomic mass is 79.9. The highest BCUT2D eigenvalue weighted by Gasteiger charge is 2.37. The first-order chi connectivity index (χ1) is 13.8. The monoisotopic (exact) mass is 476 g/mol. The number of piperidine rings is 1. The Morgan fingerprint density at radius 1 is 1.10 bits per heavy atom. The van der Waals surface area contributed by atoms with Crippen LogP contribution in [-0.4, -0.2) is 37.8 Å². The first-order valence-electron chi connectivity index (χ1n) is 9.98. The largest absolute Gasteiger partial charge is 0.309 e. The number of para-hydroxylation sites is 1. The Morgan fingerprint density at radius 3 is 2.55 bits per heavy atom. The maximum atomic E-state index is 13.2. The molecule has 0 spiro atoms. The lowest BCUT2D eigenvalue weighted by Gasteiger charge is -2.34. The summed E-state index contributed by atoms with van der Waals surface area (Å²) < 4.78 is 28.1. The van der Waals surface area contributed by atoms with E-state index in [0.717, 1.165) is 22.1 Å². The van der Waals surface area contributed by atoms with Crippen LogP contribution in [0.15, 0.2) is 53.0 Å². The highest BCUT2D eigenvalue weighted by Crippen LogP contribution is 2.35. The number of anilines is 1. The maximum Gasteiger partial charge on any atom is 0.230 e. The molecule has 7 heteroatoms. The average molecular weight is 477 g/mol. The summed E-state index contributed by atoms with van der Waals surface area (Å²) in [6.07, 6.45) is 2.02. The van der Waals surface area contributed by atoms with E-state index in [4.69, 9.17) is 0 Å². The molecule has 29 heavy (non-hydrogen) atoms. The molecule has 0 radical (unpaired) electrons. The zero-order valence-corrected chi connectivity index (χ0v) is 18.8. The SMILES string of the molecule is C[C@H]1Cc2ccccc2N1C(=O)C1CCN(S(=O)(=O)Cc2cccc(Br)c2)CC1. The van der Waals surface area contributed by atoms with Crippen molar-refractivity contribution >= 4 is 37.5 Å². The molecule has 2 aliphatic heterocycles. The molecule has 1 saturated heterocycles. The Labute approximate surface area is 180 Å². The molecule has 0 N–H and O–H groups in total. The molecule has 4 rings (SSSR count). The minimum absolute atomic E-state index is 0.0123. The summed E-state index contributed by atoms with van der Waals surface area (Å²) in [5.41, 5.74) is 2.98. The van der Waals surface area contributed by atoms with Gasteiger partial charge in [-0.25, -0.2) is 12.7 Å². The number of carbonyl (C=O) groups is 1. The van der Waals surface area contributed by atoms with Crippen molar-refractivity contribution in [2.45, 2.75) is 38.0 Å². The lowest BCUT2D eigenvalue weighted by molar-refractivity contribution is -0.123. The van der Waals surface area contributed by atoms with Gasteiger partial charge in [0.05, 0.1) is 5.75 Å². The fourth-order valence-corrected chi connectivity index (χ4v) is 6.40. The summed E-state index contributed by atoms with van der Waals surface area (Å²) in [6.45, 7) is 2.88. The van der Waals surface area contributed by atoms with Crippen LogP contribution < -0.4 is 4.90 Å². The minimum atomic E-state index is -3.39. The molecule has 0 bridgehead atoms. The van der Waals surface area contributed by atoms with Gasteiger partial charge >= 0.3 is 0 Å². The molecule has 2 heterocycles. The molecule has 0 unspecified atom stereocenters. The number of hydrogen-bond acceptors (Lipinski definition) is 3. The van der Waals surface area contributed by atoms with Gasteiger partial charge in [-0.05, 0) is 55.5 Å². The molecule has 154 valence electrons. The van der Waals surface area contributed by atoms with E-state index in [1.807, 2.05) is 47.4 Å². The minimum Gasteiger partial charge on any atom is -0.309 e. The quantitative estimate of drug-likeness (QED) is 0.670. The second-order valence-electron chi connectivity index (χ2n) is 7.95. The number of hydrogen-bond donors (Lipinski definition) is 0. The van der Waals surface area contributed by atoms with Crippen molar-refractivity contribution in [3.8, 4) is 0 Å². The van der Waals surface area contributed by atoms with Gasteiger partial charge in [0.15, 0.2) is 0 Å². The van der Waals surface area contributed by atoms with E-state index in [1.165, 1.54) is 5.56 Å². The van der Waals surface area contributed by atoms with Crippen LogP contribution in [-0.2, 0) is 27.0 Å². The van der Waals surface area contributed by atoms with Crippen LogP contribution in [0.2, 0.25) is 0 Å². The number of amides is 1. The van der Waals surface area contributed by atoms with Crippen molar-refractivity contribution in [3.05, 3.63) is 64.1 Å². The third-order valence-electron chi connectivity index (χ3n) is 5.88. The van der Waals surface area contributed by atoms with Gasteiger partial charge in [0.25, 0.3) is 0 Å². The number of nitrogens with zero attached hydrogens (tertiary/aromatic N) is 2. The van der Waals surface area contributed by atoms with E-state index >= 15 is 0 Å². The Bertz CT molecular complexity index is 1020. The van der Waals surface area contributed by atoms with Gasteiger partial charge in [0, 0.05) is 35.2 Å². The van der Waals surface area contributed by atoms with E-state index in [0.29, 0.717) is 25.9 Å². The summed E-state index contributed by atoms with van der Waals surface area (Å²) in [5.74, 6) is -0.00545. The molecule has 5 nitrogen and oxygen atoms in total. The second-order valence-corrected chi connectivity index (χ2v) is 10.8. The predicted octanol–water partition coefficient (Wildman–Crippen LogP) is 3.97. The van der Waals surface area contributed by atoms with Crippen LogP contribution in [0.25, 0.3) is 0 Å². The fourth-order valence-electron chi connectivity index (χ4n) is 4.41. The molecule has 0 aliphatic carbocycles. The number of benzene rings is 2. The van der Waals surface area contributed by atoms with Crippen LogP contribution >= 0.6 is 15.9 Å². The lowest BCUT2D eigenvalue weighted by Crippen LogP contribution is -2.46. The average Bonchev–Trinajstić information content (AvgIpc) is 3.03. The van der Waals surface area contributed by atoms with Gasteiger partial charge in [0.1, 0.15) is 0 Å². The number of halogens is 1. The molecule has 0 saturated carbocycles. The maximum absolute atomic E-state index is 13.2.